The molecule has 1 aromatic rings. The molecule has 114 valence electrons. The maximum Gasteiger partial charge on any atom is 0.336 e. The maximum absolute atomic E-state index is 11.1. The quantitative estimate of drug-likeness (QED) is 0.591. The van der Waals surface area contributed by atoms with Gasteiger partial charge in [-0.15, -0.1) is 0 Å². The third-order valence-electron chi connectivity index (χ3n) is 4.22. The summed E-state index contributed by atoms with van der Waals surface area (Å²) in [5, 5.41) is 23.4. The molecule has 0 spiro atoms. The number of carbonyl (C=O) groups is 1. The van der Waals surface area contributed by atoms with Crippen LogP contribution in [0.25, 0.3) is 0 Å². The van der Waals surface area contributed by atoms with Crippen LogP contribution in [0, 0.1) is 22.5 Å². The summed E-state index contributed by atoms with van der Waals surface area (Å²) in [5.41, 5.74) is 1.10. The minimum atomic E-state index is -1.16. The molecular weight excluding hydrogens is 272 g/mol. The molecule has 21 heavy (non-hydrogen) atoms. The summed E-state index contributed by atoms with van der Waals surface area (Å²) in [6.45, 7) is 4.52. The molecule has 0 aliphatic heterocycles. The Bertz CT molecular complexity index is 579. The summed E-state index contributed by atoms with van der Waals surface area (Å²) in [6, 6.07) is 2.59. The van der Waals surface area contributed by atoms with E-state index in [1.807, 2.05) is 0 Å². The Hall–Kier alpha value is -2.11. The van der Waals surface area contributed by atoms with Crippen molar-refractivity contribution in [1.82, 2.24) is 0 Å². The van der Waals surface area contributed by atoms with Gasteiger partial charge in [0.15, 0.2) is 0 Å². The molecule has 1 aliphatic rings. The number of carboxylic acid groups (broad SMARTS) is 1. The van der Waals surface area contributed by atoms with Crippen LogP contribution >= 0.6 is 0 Å². The van der Waals surface area contributed by atoms with Gasteiger partial charge in [-0.2, -0.15) is 0 Å². The molecule has 6 nitrogen and oxygen atoms in total. The molecule has 1 fully saturated rings. The highest BCUT2D eigenvalue weighted by Gasteiger charge is 2.41. The second kappa shape index (κ2) is 5.71. The van der Waals surface area contributed by atoms with E-state index >= 15 is 0 Å². The number of carboxylic acids is 1. The highest BCUT2D eigenvalue weighted by molar-refractivity contribution is 5.90. The average Bonchev–Trinajstić information content (AvgIpc) is 3.17. The van der Waals surface area contributed by atoms with Gasteiger partial charge in [0.2, 0.25) is 0 Å². The monoisotopic (exact) mass is 292 g/mol. The van der Waals surface area contributed by atoms with Gasteiger partial charge in [0.1, 0.15) is 0 Å². The van der Waals surface area contributed by atoms with Crippen molar-refractivity contribution in [2.24, 2.45) is 5.41 Å². The van der Waals surface area contributed by atoms with Crippen LogP contribution in [0.15, 0.2) is 12.1 Å². The predicted octanol–water partition coefficient (Wildman–Crippen LogP) is 3.59. The minimum absolute atomic E-state index is 0.0601. The Morgan fingerprint density at radius 2 is 2.14 bits per heavy atom. The molecule has 0 radical (unpaired) electrons. The molecule has 0 saturated heterocycles. The molecule has 6 heteroatoms. The largest absolute Gasteiger partial charge is 0.478 e. The number of hydrogen-bond acceptors (Lipinski definition) is 4. The van der Waals surface area contributed by atoms with Crippen LogP contribution in [0.1, 0.15) is 48.5 Å². The zero-order chi connectivity index (χ0) is 15.6. The van der Waals surface area contributed by atoms with Crippen LogP contribution in [0.5, 0.6) is 0 Å². The molecule has 1 aliphatic carbocycles. The Morgan fingerprint density at radius 1 is 1.48 bits per heavy atom. The summed E-state index contributed by atoms with van der Waals surface area (Å²) in [4.78, 5) is 21.6. The van der Waals surface area contributed by atoms with Crippen LogP contribution in [0.4, 0.5) is 11.4 Å². The number of nitrogens with one attached hydrogen (secondary N) is 1. The second-order valence-electron chi connectivity index (χ2n) is 5.83. The van der Waals surface area contributed by atoms with Crippen molar-refractivity contribution < 1.29 is 14.8 Å². The van der Waals surface area contributed by atoms with Crippen LogP contribution in [-0.4, -0.2) is 22.5 Å². The predicted molar refractivity (Wildman–Crippen MR) is 79.9 cm³/mol. The Morgan fingerprint density at radius 3 is 2.62 bits per heavy atom. The first-order chi connectivity index (χ1) is 9.88. The zero-order valence-corrected chi connectivity index (χ0v) is 12.3. The van der Waals surface area contributed by atoms with Crippen molar-refractivity contribution >= 4 is 17.3 Å². The number of benzene rings is 1. The molecule has 0 aromatic heterocycles. The van der Waals surface area contributed by atoms with Crippen LogP contribution in [0.2, 0.25) is 0 Å². The van der Waals surface area contributed by atoms with Crippen LogP contribution in [-0.2, 0) is 0 Å². The Kier molecular flexibility index (Phi) is 4.16. The van der Waals surface area contributed by atoms with Gasteiger partial charge in [-0.25, -0.2) is 4.79 Å². The first-order valence-corrected chi connectivity index (χ1v) is 7.15. The van der Waals surface area contributed by atoms with Crippen molar-refractivity contribution in [3.63, 3.8) is 0 Å². The van der Waals surface area contributed by atoms with E-state index in [-0.39, 0.29) is 16.7 Å². The Balaban J connectivity index is 2.25. The van der Waals surface area contributed by atoms with Gasteiger partial charge in [-0.05, 0) is 37.7 Å². The van der Waals surface area contributed by atoms with Gasteiger partial charge in [-0.3, -0.25) is 10.1 Å². The first kappa shape index (κ1) is 15.3. The van der Waals surface area contributed by atoms with E-state index in [4.69, 9.17) is 5.11 Å². The molecule has 0 atom stereocenters. The third kappa shape index (κ3) is 3.32. The lowest BCUT2D eigenvalue weighted by atomic mass is 10.00. The van der Waals surface area contributed by atoms with E-state index in [1.165, 1.54) is 6.07 Å². The molecular formula is C15H20N2O4. The Labute approximate surface area is 123 Å². The van der Waals surface area contributed by atoms with Crippen molar-refractivity contribution in [3.05, 3.63) is 33.4 Å². The summed E-state index contributed by atoms with van der Waals surface area (Å²) in [6.07, 6.45) is 4.55. The molecule has 0 amide bonds. The average molecular weight is 292 g/mol. The van der Waals surface area contributed by atoms with Crippen molar-refractivity contribution in [2.45, 2.75) is 39.5 Å². The number of hydrogen-bond donors (Lipinski definition) is 2. The number of aromatic carboxylic acids is 1. The lowest BCUT2D eigenvalue weighted by Crippen LogP contribution is -2.16. The number of nitro groups is 1. The lowest BCUT2D eigenvalue weighted by Gasteiger charge is -2.17. The standard InChI is InChI=1S/C15H20N2O4/c1-3-4-15(5-6-15)9-16-12-7-11(14(18)19)8-13(10(12)2)17(20)21/h7-8,16H,3-6,9H2,1-2H3,(H,18,19). The second-order valence-corrected chi connectivity index (χ2v) is 5.83. The van der Waals surface area contributed by atoms with Gasteiger partial charge >= 0.3 is 5.97 Å². The van der Waals surface area contributed by atoms with Gasteiger partial charge in [0.25, 0.3) is 5.69 Å². The number of nitrogens with zero attached hydrogens (tertiary/aromatic N) is 1. The first-order valence-electron chi connectivity index (χ1n) is 7.15. The number of anilines is 1. The fourth-order valence-electron chi connectivity index (χ4n) is 2.70. The van der Waals surface area contributed by atoms with Gasteiger partial charge in [0, 0.05) is 23.9 Å². The minimum Gasteiger partial charge on any atom is -0.478 e. The molecule has 0 heterocycles. The van der Waals surface area contributed by atoms with E-state index in [0.717, 1.165) is 38.3 Å². The summed E-state index contributed by atoms with van der Waals surface area (Å²) in [5.74, 6) is -1.16. The van der Waals surface area contributed by atoms with Crippen LogP contribution in [0.3, 0.4) is 0 Å². The summed E-state index contributed by atoms with van der Waals surface area (Å²) < 4.78 is 0. The summed E-state index contributed by atoms with van der Waals surface area (Å²) in [7, 11) is 0. The van der Waals surface area contributed by atoms with E-state index in [1.54, 1.807) is 6.92 Å². The normalized spacial score (nSPS) is 15.5. The van der Waals surface area contributed by atoms with Gasteiger partial charge in [0.05, 0.1) is 10.5 Å². The number of nitro benzene ring substituents is 1. The smallest absolute Gasteiger partial charge is 0.336 e. The maximum atomic E-state index is 11.1. The van der Waals surface area contributed by atoms with Gasteiger partial charge < -0.3 is 10.4 Å². The number of rotatable bonds is 7. The van der Waals surface area contributed by atoms with Crippen molar-refractivity contribution in [2.75, 3.05) is 11.9 Å². The summed E-state index contributed by atoms with van der Waals surface area (Å²) >= 11 is 0. The molecule has 1 aromatic carbocycles. The molecule has 0 unspecified atom stereocenters. The van der Waals surface area contributed by atoms with Crippen molar-refractivity contribution in [1.29, 1.82) is 0 Å². The molecule has 2 rings (SSSR count). The SMILES string of the molecule is CCCC1(CNc2cc(C(=O)O)cc([N+](=O)[O-])c2C)CC1. The molecule has 1 saturated carbocycles. The topological polar surface area (TPSA) is 92.5 Å². The van der Waals surface area contributed by atoms with E-state index in [0.29, 0.717) is 11.3 Å². The third-order valence-corrected chi connectivity index (χ3v) is 4.22. The van der Waals surface area contributed by atoms with E-state index in [2.05, 4.69) is 12.2 Å². The van der Waals surface area contributed by atoms with Gasteiger partial charge in [-0.1, -0.05) is 13.3 Å². The molecule has 0 bridgehead atoms. The van der Waals surface area contributed by atoms with Crippen molar-refractivity contribution in [3.8, 4) is 0 Å². The molecule has 2 N–H and O–H groups in total. The fourth-order valence-corrected chi connectivity index (χ4v) is 2.70. The zero-order valence-electron chi connectivity index (χ0n) is 12.3. The fraction of sp³-hybridized carbons (Fsp3) is 0.533. The highest BCUT2D eigenvalue weighted by atomic mass is 16.6. The van der Waals surface area contributed by atoms with Crippen LogP contribution < -0.4 is 5.32 Å². The van der Waals surface area contributed by atoms with E-state index < -0.39 is 10.9 Å². The highest BCUT2D eigenvalue weighted by Crippen LogP contribution is 2.49. The lowest BCUT2D eigenvalue weighted by molar-refractivity contribution is -0.385. The van der Waals surface area contributed by atoms with E-state index in [9.17, 15) is 14.9 Å².